The van der Waals surface area contributed by atoms with Crippen molar-refractivity contribution in [3.8, 4) is 0 Å². The SMILES string of the molecule is O=C(CCNCC(O)CC1CCCC1)N1CCCC1. The average molecular weight is 268 g/mol. The summed E-state index contributed by atoms with van der Waals surface area (Å²) in [5.41, 5.74) is 0. The molecule has 0 aromatic heterocycles. The first-order valence-corrected chi connectivity index (χ1v) is 7.92. The molecule has 0 spiro atoms. The summed E-state index contributed by atoms with van der Waals surface area (Å²) in [6, 6.07) is 0. The lowest BCUT2D eigenvalue weighted by Gasteiger charge is -2.17. The second-order valence-electron chi connectivity index (χ2n) is 6.08. The Labute approximate surface area is 116 Å². The lowest BCUT2D eigenvalue weighted by molar-refractivity contribution is -0.130. The van der Waals surface area contributed by atoms with Crippen LogP contribution in [0.3, 0.4) is 0 Å². The predicted molar refractivity (Wildman–Crippen MR) is 75.9 cm³/mol. The zero-order valence-electron chi connectivity index (χ0n) is 11.9. The van der Waals surface area contributed by atoms with Gasteiger partial charge in [-0.05, 0) is 25.2 Å². The zero-order chi connectivity index (χ0) is 13.5. The van der Waals surface area contributed by atoms with Gasteiger partial charge in [0.2, 0.25) is 5.91 Å². The molecule has 2 N–H and O–H groups in total. The van der Waals surface area contributed by atoms with Crippen molar-refractivity contribution in [2.24, 2.45) is 5.92 Å². The fourth-order valence-electron chi connectivity index (χ4n) is 3.30. The molecule has 2 rings (SSSR count). The van der Waals surface area contributed by atoms with E-state index in [2.05, 4.69) is 5.32 Å². The maximum atomic E-state index is 11.8. The summed E-state index contributed by atoms with van der Waals surface area (Å²) in [4.78, 5) is 13.7. The summed E-state index contributed by atoms with van der Waals surface area (Å²) in [6.45, 7) is 3.19. The smallest absolute Gasteiger partial charge is 0.223 e. The van der Waals surface area contributed by atoms with Crippen LogP contribution in [0.25, 0.3) is 0 Å². The van der Waals surface area contributed by atoms with Crippen LogP contribution < -0.4 is 5.32 Å². The monoisotopic (exact) mass is 268 g/mol. The van der Waals surface area contributed by atoms with Gasteiger partial charge in [-0.25, -0.2) is 0 Å². The molecule has 1 aliphatic heterocycles. The van der Waals surface area contributed by atoms with Crippen molar-refractivity contribution >= 4 is 5.91 Å². The first kappa shape index (κ1) is 14.8. The number of hydrogen-bond acceptors (Lipinski definition) is 3. The molecule has 1 atom stereocenters. The molecule has 1 aliphatic carbocycles. The second kappa shape index (κ2) is 7.85. The van der Waals surface area contributed by atoms with Gasteiger partial charge in [0, 0.05) is 32.6 Å². The molecule has 0 bridgehead atoms. The Morgan fingerprint density at radius 2 is 1.89 bits per heavy atom. The molecule has 4 nitrogen and oxygen atoms in total. The molecule has 1 saturated carbocycles. The van der Waals surface area contributed by atoms with Crippen LogP contribution in [-0.4, -0.2) is 48.2 Å². The topological polar surface area (TPSA) is 52.6 Å². The van der Waals surface area contributed by atoms with E-state index in [1.54, 1.807) is 0 Å². The molecule has 1 unspecified atom stereocenters. The van der Waals surface area contributed by atoms with Gasteiger partial charge >= 0.3 is 0 Å². The van der Waals surface area contributed by atoms with Crippen molar-refractivity contribution in [2.75, 3.05) is 26.2 Å². The quantitative estimate of drug-likeness (QED) is 0.689. The first-order chi connectivity index (χ1) is 9.25. The zero-order valence-corrected chi connectivity index (χ0v) is 11.9. The first-order valence-electron chi connectivity index (χ1n) is 7.92. The van der Waals surface area contributed by atoms with Crippen molar-refractivity contribution in [3.05, 3.63) is 0 Å². The molecule has 4 heteroatoms. The van der Waals surface area contributed by atoms with Crippen molar-refractivity contribution in [2.45, 2.75) is 57.5 Å². The van der Waals surface area contributed by atoms with Crippen molar-refractivity contribution in [1.82, 2.24) is 10.2 Å². The number of aliphatic hydroxyl groups excluding tert-OH is 1. The molecule has 0 aromatic rings. The maximum Gasteiger partial charge on any atom is 0.223 e. The van der Waals surface area contributed by atoms with E-state index in [1.165, 1.54) is 25.7 Å². The van der Waals surface area contributed by atoms with Crippen LogP contribution in [0.2, 0.25) is 0 Å². The van der Waals surface area contributed by atoms with E-state index in [9.17, 15) is 9.90 Å². The summed E-state index contributed by atoms with van der Waals surface area (Å²) >= 11 is 0. The van der Waals surface area contributed by atoms with Crippen LogP contribution in [0.4, 0.5) is 0 Å². The van der Waals surface area contributed by atoms with E-state index in [0.717, 1.165) is 38.3 Å². The minimum absolute atomic E-state index is 0.245. The number of nitrogens with zero attached hydrogens (tertiary/aromatic N) is 1. The van der Waals surface area contributed by atoms with E-state index >= 15 is 0 Å². The average Bonchev–Trinajstić information content (AvgIpc) is 3.06. The number of nitrogens with one attached hydrogen (secondary N) is 1. The minimum Gasteiger partial charge on any atom is -0.392 e. The van der Waals surface area contributed by atoms with Gasteiger partial charge in [-0.15, -0.1) is 0 Å². The Morgan fingerprint density at radius 1 is 1.21 bits per heavy atom. The summed E-state index contributed by atoms with van der Waals surface area (Å²) in [7, 11) is 0. The fourth-order valence-corrected chi connectivity index (χ4v) is 3.30. The highest BCUT2D eigenvalue weighted by molar-refractivity contribution is 5.76. The molecule has 19 heavy (non-hydrogen) atoms. The number of amides is 1. The number of likely N-dealkylation sites (tertiary alicyclic amines) is 1. The Kier molecular flexibility index (Phi) is 6.11. The highest BCUT2D eigenvalue weighted by Gasteiger charge is 2.19. The largest absolute Gasteiger partial charge is 0.392 e. The summed E-state index contributed by atoms with van der Waals surface area (Å²) < 4.78 is 0. The third kappa shape index (κ3) is 5.11. The van der Waals surface area contributed by atoms with E-state index < -0.39 is 0 Å². The summed E-state index contributed by atoms with van der Waals surface area (Å²) in [6.07, 6.45) is 8.77. The molecular weight excluding hydrogens is 240 g/mol. The number of rotatable bonds is 7. The van der Waals surface area contributed by atoms with Gasteiger partial charge in [0.25, 0.3) is 0 Å². The number of carbonyl (C=O) groups excluding carboxylic acids is 1. The van der Waals surface area contributed by atoms with Gasteiger partial charge in [0.1, 0.15) is 0 Å². The van der Waals surface area contributed by atoms with Crippen molar-refractivity contribution in [1.29, 1.82) is 0 Å². The molecular formula is C15H28N2O2. The molecule has 0 aromatic carbocycles. The van der Waals surface area contributed by atoms with E-state index in [4.69, 9.17) is 0 Å². The van der Waals surface area contributed by atoms with Crippen molar-refractivity contribution in [3.63, 3.8) is 0 Å². The molecule has 0 radical (unpaired) electrons. The lowest BCUT2D eigenvalue weighted by atomic mass is 10.0. The second-order valence-corrected chi connectivity index (χ2v) is 6.08. The number of hydrogen-bond donors (Lipinski definition) is 2. The van der Waals surface area contributed by atoms with Crippen molar-refractivity contribution < 1.29 is 9.90 Å². The Morgan fingerprint density at radius 3 is 2.58 bits per heavy atom. The third-order valence-corrected chi connectivity index (χ3v) is 4.43. The van der Waals surface area contributed by atoms with Gasteiger partial charge < -0.3 is 15.3 Å². The molecule has 1 amide bonds. The van der Waals surface area contributed by atoms with Gasteiger partial charge in [-0.1, -0.05) is 25.7 Å². The van der Waals surface area contributed by atoms with E-state index in [1.807, 2.05) is 4.90 Å². The highest BCUT2D eigenvalue weighted by Crippen LogP contribution is 2.28. The van der Waals surface area contributed by atoms with E-state index in [-0.39, 0.29) is 12.0 Å². The number of aliphatic hydroxyl groups is 1. The summed E-state index contributed by atoms with van der Waals surface area (Å²) in [5, 5.41) is 13.1. The molecule has 2 fully saturated rings. The van der Waals surface area contributed by atoms with Crippen LogP contribution in [0, 0.1) is 5.92 Å². The Bertz CT molecular complexity index is 271. The molecule has 1 heterocycles. The third-order valence-electron chi connectivity index (χ3n) is 4.43. The predicted octanol–water partition coefficient (Wildman–Crippen LogP) is 1.53. The molecule has 2 aliphatic rings. The van der Waals surface area contributed by atoms with Crippen LogP contribution in [0.1, 0.15) is 51.4 Å². The van der Waals surface area contributed by atoms with Crippen LogP contribution in [-0.2, 0) is 4.79 Å². The van der Waals surface area contributed by atoms with Crippen LogP contribution >= 0.6 is 0 Å². The Hall–Kier alpha value is -0.610. The van der Waals surface area contributed by atoms with E-state index in [0.29, 0.717) is 19.5 Å². The number of carbonyl (C=O) groups is 1. The maximum absolute atomic E-state index is 11.8. The minimum atomic E-state index is -0.245. The lowest BCUT2D eigenvalue weighted by Crippen LogP contribution is -2.33. The molecule has 110 valence electrons. The van der Waals surface area contributed by atoms with Crippen LogP contribution in [0.5, 0.6) is 0 Å². The van der Waals surface area contributed by atoms with Gasteiger partial charge in [0.05, 0.1) is 6.10 Å². The van der Waals surface area contributed by atoms with Gasteiger partial charge in [-0.3, -0.25) is 4.79 Å². The van der Waals surface area contributed by atoms with Gasteiger partial charge in [-0.2, -0.15) is 0 Å². The van der Waals surface area contributed by atoms with Gasteiger partial charge in [0.15, 0.2) is 0 Å². The fraction of sp³-hybridized carbons (Fsp3) is 0.933. The van der Waals surface area contributed by atoms with Crippen LogP contribution in [0.15, 0.2) is 0 Å². The normalized spacial score (nSPS) is 22.1. The molecule has 1 saturated heterocycles. The highest BCUT2D eigenvalue weighted by atomic mass is 16.3. The standard InChI is InChI=1S/C15H28N2O2/c18-14(11-13-5-1-2-6-13)12-16-8-7-15(19)17-9-3-4-10-17/h13-14,16,18H,1-12H2. The Balaban J connectivity index is 1.49. The summed E-state index contributed by atoms with van der Waals surface area (Å²) in [5.74, 6) is 0.985.